The molecular formula is C28H37N3O5S2. The van der Waals surface area contributed by atoms with Gasteiger partial charge in [-0.25, -0.2) is 0 Å². The van der Waals surface area contributed by atoms with Crippen LogP contribution in [0.4, 0.5) is 0 Å². The van der Waals surface area contributed by atoms with Crippen LogP contribution in [0.5, 0.6) is 0 Å². The molecule has 1 heterocycles. The van der Waals surface area contributed by atoms with Crippen LogP contribution in [0.2, 0.25) is 0 Å². The highest BCUT2D eigenvalue weighted by atomic mass is 32.2. The SMILES string of the molecule is C=C(C)C(=O)NCC(=O)CC(Cc1ccccc1)C(=O)NC(CC(C)C)C(=O)CCC(=O)N1CCSC1=S. The molecule has 2 N–H and O–H groups in total. The number of thioether (sulfide) groups is 1. The van der Waals surface area contributed by atoms with Crippen molar-refractivity contribution in [2.75, 3.05) is 18.8 Å². The molecule has 2 atom stereocenters. The van der Waals surface area contributed by atoms with Crippen LogP contribution in [0.1, 0.15) is 52.0 Å². The van der Waals surface area contributed by atoms with E-state index in [1.807, 2.05) is 44.2 Å². The van der Waals surface area contributed by atoms with Crippen LogP contribution in [-0.4, -0.2) is 63.4 Å². The quantitative estimate of drug-likeness (QED) is 0.251. The van der Waals surface area contributed by atoms with Crippen molar-refractivity contribution in [3.05, 3.63) is 48.0 Å². The van der Waals surface area contributed by atoms with Crippen LogP contribution in [0.25, 0.3) is 0 Å². The Balaban J connectivity index is 2.09. The average molecular weight is 560 g/mol. The number of ketones is 2. The Hall–Kier alpha value is -2.85. The molecule has 1 aliphatic heterocycles. The number of benzene rings is 1. The largest absolute Gasteiger partial charge is 0.346 e. The lowest BCUT2D eigenvalue weighted by Crippen LogP contribution is -2.46. The fourth-order valence-electron chi connectivity index (χ4n) is 4.02. The summed E-state index contributed by atoms with van der Waals surface area (Å²) in [4.78, 5) is 65.0. The maximum absolute atomic E-state index is 13.4. The number of hydrogen-bond acceptors (Lipinski definition) is 7. The summed E-state index contributed by atoms with van der Waals surface area (Å²) in [5.74, 6) is -1.40. The van der Waals surface area contributed by atoms with Gasteiger partial charge in [0, 0.05) is 43.1 Å². The molecule has 0 aliphatic carbocycles. The summed E-state index contributed by atoms with van der Waals surface area (Å²) in [6.45, 7) is 9.33. The number of carbonyl (C=O) groups excluding carboxylic acids is 5. The maximum atomic E-state index is 13.4. The molecule has 0 radical (unpaired) electrons. The Morgan fingerprint density at radius 1 is 1.11 bits per heavy atom. The predicted molar refractivity (Wildman–Crippen MR) is 153 cm³/mol. The van der Waals surface area contributed by atoms with Crippen molar-refractivity contribution in [2.45, 2.75) is 58.9 Å². The van der Waals surface area contributed by atoms with Gasteiger partial charge in [-0.15, -0.1) is 0 Å². The Bertz CT molecular complexity index is 1060. The van der Waals surface area contributed by atoms with Gasteiger partial charge in [-0.2, -0.15) is 0 Å². The number of carbonyl (C=O) groups is 5. The molecule has 0 aromatic heterocycles. The highest BCUT2D eigenvalue weighted by Gasteiger charge is 2.30. The second-order valence-corrected chi connectivity index (χ2v) is 11.6. The number of nitrogens with zero attached hydrogens (tertiary/aromatic N) is 1. The van der Waals surface area contributed by atoms with E-state index in [9.17, 15) is 24.0 Å². The normalized spacial score (nSPS) is 14.6. The van der Waals surface area contributed by atoms with Gasteiger partial charge in [0.15, 0.2) is 11.6 Å². The summed E-state index contributed by atoms with van der Waals surface area (Å²) in [6, 6.07) is 8.54. The smallest absolute Gasteiger partial charge is 0.246 e. The second-order valence-electron chi connectivity index (χ2n) is 9.91. The van der Waals surface area contributed by atoms with Crippen molar-refractivity contribution in [1.29, 1.82) is 0 Å². The Kier molecular flexibility index (Phi) is 12.8. The number of rotatable bonds is 15. The molecule has 1 saturated heterocycles. The van der Waals surface area contributed by atoms with Crippen LogP contribution in [-0.2, 0) is 30.4 Å². The van der Waals surface area contributed by atoms with Crippen molar-refractivity contribution in [3.63, 3.8) is 0 Å². The van der Waals surface area contributed by atoms with Crippen molar-refractivity contribution in [3.8, 4) is 0 Å². The molecule has 1 aromatic rings. The van der Waals surface area contributed by atoms with E-state index in [4.69, 9.17) is 12.2 Å². The summed E-state index contributed by atoms with van der Waals surface area (Å²) in [7, 11) is 0. The third-order valence-corrected chi connectivity index (χ3v) is 7.49. The Morgan fingerprint density at radius 3 is 2.37 bits per heavy atom. The van der Waals surface area contributed by atoms with Gasteiger partial charge in [-0.05, 0) is 31.2 Å². The molecule has 1 aromatic carbocycles. The van der Waals surface area contributed by atoms with Gasteiger partial charge >= 0.3 is 0 Å². The van der Waals surface area contributed by atoms with E-state index in [2.05, 4.69) is 17.2 Å². The lowest BCUT2D eigenvalue weighted by atomic mass is 9.91. The van der Waals surface area contributed by atoms with Gasteiger partial charge in [0.05, 0.1) is 12.6 Å². The molecule has 38 heavy (non-hydrogen) atoms. The fourth-order valence-corrected chi connectivity index (χ4v) is 5.26. The van der Waals surface area contributed by atoms with Gasteiger partial charge in [0.1, 0.15) is 4.32 Å². The molecule has 2 unspecified atom stereocenters. The van der Waals surface area contributed by atoms with Crippen molar-refractivity contribution in [1.82, 2.24) is 15.5 Å². The first-order chi connectivity index (χ1) is 18.0. The van der Waals surface area contributed by atoms with E-state index < -0.39 is 23.8 Å². The van der Waals surface area contributed by atoms with E-state index in [1.165, 1.54) is 16.7 Å². The highest BCUT2D eigenvalue weighted by molar-refractivity contribution is 8.23. The maximum Gasteiger partial charge on any atom is 0.246 e. The van der Waals surface area contributed by atoms with E-state index in [0.717, 1.165) is 11.3 Å². The zero-order valence-corrected chi connectivity index (χ0v) is 23.9. The summed E-state index contributed by atoms with van der Waals surface area (Å²) in [5, 5.41) is 5.37. The molecule has 10 heteroatoms. The molecule has 2 rings (SSSR count). The Morgan fingerprint density at radius 2 is 1.79 bits per heavy atom. The summed E-state index contributed by atoms with van der Waals surface area (Å²) < 4.78 is 0.530. The summed E-state index contributed by atoms with van der Waals surface area (Å²) >= 11 is 6.64. The van der Waals surface area contributed by atoms with Crippen LogP contribution in [0.15, 0.2) is 42.5 Å². The first-order valence-electron chi connectivity index (χ1n) is 12.8. The number of Topliss-reactive ketones (excluding diaryl/α,β-unsaturated/α-hetero) is 2. The third-order valence-electron chi connectivity index (χ3n) is 6.06. The van der Waals surface area contributed by atoms with E-state index in [0.29, 0.717) is 23.7 Å². The zero-order chi connectivity index (χ0) is 28.2. The van der Waals surface area contributed by atoms with Crippen LogP contribution >= 0.6 is 24.0 Å². The minimum atomic E-state index is -0.772. The first kappa shape index (κ1) is 31.4. The Labute approximate surface area is 234 Å². The van der Waals surface area contributed by atoms with Crippen molar-refractivity contribution in [2.24, 2.45) is 11.8 Å². The van der Waals surface area contributed by atoms with Gasteiger partial charge < -0.3 is 10.6 Å². The molecule has 8 nitrogen and oxygen atoms in total. The zero-order valence-electron chi connectivity index (χ0n) is 22.3. The van der Waals surface area contributed by atoms with Crippen LogP contribution in [0.3, 0.4) is 0 Å². The molecule has 206 valence electrons. The van der Waals surface area contributed by atoms with Crippen molar-refractivity contribution >= 4 is 57.6 Å². The molecule has 0 saturated carbocycles. The molecule has 1 fully saturated rings. The van der Waals surface area contributed by atoms with Crippen LogP contribution < -0.4 is 10.6 Å². The lowest BCUT2D eigenvalue weighted by molar-refractivity contribution is -0.133. The van der Waals surface area contributed by atoms with E-state index in [-0.39, 0.29) is 54.8 Å². The third kappa shape index (κ3) is 10.5. The minimum absolute atomic E-state index is 0.00447. The van der Waals surface area contributed by atoms with Crippen LogP contribution in [0, 0.1) is 11.8 Å². The molecule has 0 bridgehead atoms. The minimum Gasteiger partial charge on any atom is -0.346 e. The highest BCUT2D eigenvalue weighted by Crippen LogP contribution is 2.20. The number of hydrogen-bond donors (Lipinski definition) is 2. The predicted octanol–water partition coefficient (Wildman–Crippen LogP) is 3.24. The van der Waals surface area contributed by atoms with Gasteiger partial charge in [-0.3, -0.25) is 28.9 Å². The number of nitrogens with one attached hydrogen (secondary N) is 2. The first-order valence-corrected chi connectivity index (χ1v) is 14.2. The number of amides is 3. The molecule has 3 amide bonds. The fraction of sp³-hybridized carbons (Fsp3) is 0.500. The van der Waals surface area contributed by atoms with E-state index >= 15 is 0 Å². The number of thiocarbonyl (C=S) groups is 1. The monoisotopic (exact) mass is 559 g/mol. The van der Waals surface area contributed by atoms with Gasteiger partial charge in [0.2, 0.25) is 17.7 Å². The molecule has 1 aliphatic rings. The molecule has 0 spiro atoms. The summed E-state index contributed by atoms with van der Waals surface area (Å²) in [6.07, 6.45) is 0.644. The average Bonchev–Trinajstić information content (AvgIpc) is 3.30. The lowest BCUT2D eigenvalue weighted by Gasteiger charge is -2.24. The second kappa shape index (κ2) is 15.5. The molecular weight excluding hydrogens is 522 g/mol. The van der Waals surface area contributed by atoms with E-state index in [1.54, 1.807) is 6.92 Å². The van der Waals surface area contributed by atoms with Gasteiger partial charge in [-0.1, -0.05) is 74.7 Å². The topological polar surface area (TPSA) is 113 Å². The van der Waals surface area contributed by atoms with Crippen molar-refractivity contribution < 1.29 is 24.0 Å². The standard InChI is InChI=1S/C28H37N3O5S2/c1-18(2)14-23(24(33)10-11-25(34)31-12-13-38-28(31)37)30-27(36)21(15-20-8-6-5-7-9-20)16-22(32)17-29-26(35)19(3)4/h5-9,18,21,23H,3,10-17H2,1-2,4H3,(H,29,35)(H,30,36). The summed E-state index contributed by atoms with van der Waals surface area (Å²) in [5.41, 5.74) is 1.17. The van der Waals surface area contributed by atoms with Gasteiger partial charge in [0.25, 0.3) is 0 Å².